The fourth-order valence-electron chi connectivity index (χ4n) is 2.89. The molecule has 25 heavy (non-hydrogen) atoms. The quantitative estimate of drug-likeness (QED) is 0.853. The minimum Gasteiger partial charge on any atom is -0.465 e. The lowest BCUT2D eigenvalue weighted by molar-refractivity contribution is -0.119. The van der Waals surface area contributed by atoms with Crippen molar-refractivity contribution in [1.29, 1.82) is 0 Å². The van der Waals surface area contributed by atoms with E-state index >= 15 is 0 Å². The molecule has 1 aliphatic heterocycles. The lowest BCUT2D eigenvalue weighted by Crippen LogP contribution is -2.42. The fourth-order valence-corrected chi connectivity index (χ4v) is 3.57. The number of esters is 1. The second kappa shape index (κ2) is 7.48. The van der Waals surface area contributed by atoms with Gasteiger partial charge in [0, 0.05) is 12.2 Å². The largest absolute Gasteiger partial charge is 0.465 e. The van der Waals surface area contributed by atoms with Gasteiger partial charge in [-0.1, -0.05) is 12.1 Å². The molecular formula is C18H18N2O4S. The zero-order valence-electron chi connectivity index (χ0n) is 13.7. The van der Waals surface area contributed by atoms with Gasteiger partial charge in [0.1, 0.15) is 6.04 Å². The molecule has 130 valence electrons. The van der Waals surface area contributed by atoms with Crippen LogP contribution in [0.1, 0.15) is 32.9 Å². The number of rotatable bonds is 4. The van der Waals surface area contributed by atoms with E-state index in [0.29, 0.717) is 29.1 Å². The van der Waals surface area contributed by atoms with Crippen molar-refractivity contribution in [3.8, 4) is 0 Å². The van der Waals surface area contributed by atoms with Gasteiger partial charge in [-0.05, 0) is 42.5 Å². The average Bonchev–Trinajstić information content (AvgIpc) is 3.32. The SMILES string of the molecule is COC(=O)c1cccc(NC(=O)C2CCCN2C(=O)c2cccs2)c1. The van der Waals surface area contributed by atoms with Crippen LogP contribution in [0, 0.1) is 0 Å². The number of anilines is 1. The Hall–Kier alpha value is -2.67. The van der Waals surface area contributed by atoms with Crippen molar-refractivity contribution < 1.29 is 19.1 Å². The lowest BCUT2D eigenvalue weighted by Gasteiger charge is -2.23. The zero-order valence-corrected chi connectivity index (χ0v) is 14.5. The van der Waals surface area contributed by atoms with Crippen molar-refractivity contribution in [3.05, 3.63) is 52.2 Å². The molecular weight excluding hydrogens is 340 g/mol. The van der Waals surface area contributed by atoms with E-state index in [0.717, 1.165) is 6.42 Å². The Morgan fingerprint density at radius 2 is 2.08 bits per heavy atom. The molecule has 1 aliphatic rings. The lowest BCUT2D eigenvalue weighted by atomic mass is 10.1. The van der Waals surface area contributed by atoms with Crippen molar-refractivity contribution in [2.45, 2.75) is 18.9 Å². The number of nitrogens with one attached hydrogen (secondary N) is 1. The molecule has 2 heterocycles. The summed E-state index contributed by atoms with van der Waals surface area (Å²) in [6.45, 7) is 0.566. The van der Waals surface area contributed by atoms with Crippen molar-refractivity contribution in [1.82, 2.24) is 4.90 Å². The average molecular weight is 358 g/mol. The predicted molar refractivity (Wildman–Crippen MR) is 94.8 cm³/mol. The third-order valence-electron chi connectivity index (χ3n) is 4.10. The second-order valence-electron chi connectivity index (χ2n) is 5.70. The Bertz CT molecular complexity index is 788. The van der Waals surface area contributed by atoms with Gasteiger partial charge in [0.2, 0.25) is 5.91 Å². The van der Waals surface area contributed by atoms with E-state index in [1.54, 1.807) is 35.2 Å². The minimum atomic E-state index is -0.503. The van der Waals surface area contributed by atoms with Gasteiger partial charge in [-0.15, -0.1) is 11.3 Å². The molecule has 0 radical (unpaired) electrons. The summed E-state index contributed by atoms with van der Waals surface area (Å²) in [5.74, 6) is -0.827. The van der Waals surface area contributed by atoms with E-state index in [9.17, 15) is 14.4 Å². The van der Waals surface area contributed by atoms with E-state index in [2.05, 4.69) is 10.1 Å². The number of benzene rings is 1. The topological polar surface area (TPSA) is 75.7 Å². The van der Waals surface area contributed by atoms with Gasteiger partial charge >= 0.3 is 5.97 Å². The summed E-state index contributed by atoms with van der Waals surface area (Å²) in [6, 6.07) is 9.63. The predicted octanol–water partition coefficient (Wildman–Crippen LogP) is 2.78. The van der Waals surface area contributed by atoms with Crippen LogP contribution in [0.25, 0.3) is 0 Å². The molecule has 7 heteroatoms. The molecule has 1 aromatic heterocycles. The first-order chi connectivity index (χ1) is 12.1. The molecule has 6 nitrogen and oxygen atoms in total. The number of hydrogen-bond acceptors (Lipinski definition) is 5. The highest BCUT2D eigenvalue weighted by Gasteiger charge is 2.34. The first kappa shape index (κ1) is 17.2. The third-order valence-corrected chi connectivity index (χ3v) is 4.96. The number of carbonyl (C=O) groups is 3. The first-order valence-corrected chi connectivity index (χ1v) is 8.82. The maximum Gasteiger partial charge on any atom is 0.337 e. The van der Waals surface area contributed by atoms with Crippen molar-refractivity contribution in [2.24, 2.45) is 0 Å². The highest BCUT2D eigenvalue weighted by atomic mass is 32.1. The van der Waals surface area contributed by atoms with Crippen LogP contribution in [0.15, 0.2) is 41.8 Å². The van der Waals surface area contributed by atoms with Gasteiger partial charge in [-0.25, -0.2) is 4.79 Å². The zero-order chi connectivity index (χ0) is 17.8. The van der Waals surface area contributed by atoms with Gasteiger partial charge < -0.3 is 15.0 Å². The van der Waals surface area contributed by atoms with Gasteiger partial charge in [-0.2, -0.15) is 0 Å². The van der Waals surface area contributed by atoms with E-state index in [1.807, 2.05) is 11.4 Å². The molecule has 3 rings (SSSR count). The van der Waals surface area contributed by atoms with Gasteiger partial charge in [0.25, 0.3) is 5.91 Å². The van der Waals surface area contributed by atoms with Crippen LogP contribution < -0.4 is 5.32 Å². The van der Waals surface area contributed by atoms with Gasteiger partial charge in [0.05, 0.1) is 17.6 Å². The molecule has 1 atom stereocenters. The molecule has 1 unspecified atom stereocenters. The molecule has 2 amide bonds. The Balaban J connectivity index is 1.72. The van der Waals surface area contributed by atoms with E-state index in [-0.39, 0.29) is 11.8 Å². The molecule has 0 saturated carbocycles. The van der Waals surface area contributed by atoms with Crippen molar-refractivity contribution in [2.75, 3.05) is 19.0 Å². The number of amides is 2. The standard InChI is InChI=1S/C18H18N2O4S/c1-24-18(23)12-5-2-6-13(11-12)19-16(21)14-7-3-9-20(14)17(22)15-8-4-10-25-15/h2,4-6,8,10-11,14H,3,7,9H2,1H3,(H,19,21). The number of carbonyl (C=O) groups excluding carboxylic acids is 3. The maximum atomic E-state index is 12.6. The van der Waals surface area contributed by atoms with E-state index < -0.39 is 12.0 Å². The number of thiophene rings is 1. The van der Waals surface area contributed by atoms with Crippen LogP contribution in [-0.4, -0.2) is 42.4 Å². The summed E-state index contributed by atoms with van der Waals surface area (Å²) in [5.41, 5.74) is 0.863. The highest BCUT2D eigenvalue weighted by molar-refractivity contribution is 7.12. The number of hydrogen-bond donors (Lipinski definition) is 1. The van der Waals surface area contributed by atoms with Crippen LogP contribution in [0.3, 0.4) is 0 Å². The summed E-state index contributed by atoms with van der Waals surface area (Å²) in [5, 5.41) is 4.64. The van der Waals surface area contributed by atoms with Crippen molar-refractivity contribution in [3.63, 3.8) is 0 Å². The first-order valence-electron chi connectivity index (χ1n) is 7.94. The Labute approximate surface area is 149 Å². The fraction of sp³-hybridized carbons (Fsp3) is 0.278. The van der Waals surface area contributed by atoms with Gasteiger partial charge in [0.15, 0.2) is 0 Å². The summed E-state index contributed by atoms with van der Waals surface area (Å²) in [4.78, 5) is 39.0. The molecule has 1 saturated heterocycles. The smallest absolute Gasteiger partial charge is 0.337 e. The maximum absolute atomic E-state index is 12.6. The summed E-state index contributed by atoms with van der Waals surface area (Å²) < 4.78 is 4.68. The monoisotopic (exact) mass is 358 g/mol. The normalized spacial score (nSPS) is 16.5. The summed E-state index contributed by atoms with van der Waals surface area (Å²) >= 11 is 1.37. The third kappa shape index (κ3) is 3.71. The molecule has 2 aromatic rings. The summed E-state index contributed by atoms with van der Waals surface area (Å²) in [7, 11) is 1.31. The van der Waals surface area contributed by atoms with E-state index in [4.69, 9.17) is 0 Å². The highest BCUT2D eigenvalue weighted by Crippen LogP contribution is 2.23. The van der Waals surface area contributed by atoms with Crippen LogP contribution in [0.4, 0.5) is 5.69 Å². The number of methoxy groups -OCH3 is 1. The molecule has 1 N–H and O–H groups in total. The Morgan fingerprint density at radius 3 is 2.80 bits per heavy atom. The number of nitrogens with zero attached hydrogens (tertiary/aromatic N) is 1. The number of likely N-dealkylation sites (tertiary alicyclic amines) is 1. The number of ether oxygens (including phenoxy) is 1. The Morgan fingerprint density at radius 1 is 1.24 bits per heavy atom. The van der Waals surface area contributed by atoms with Crippen LogP contribution in [-0.2, 0) is 9.53 Å². The van der Waals surface area contributed by atoms with Crippen LogP contribution in [0.5, 0.6) is 0 Å². The van der Waals surface area contributed by atoms with E-state index in [1.165, 1.54) is 18.4 Å². The molecule has 0 spiro atoms. The minimum absolute atomic E-state index is 0.115. The molecule has 0 aliphatic carbocycles. The second-order valence-corrected chi connectivity index (χ2v) is 6.64. The molecule has 1 fully saturated rings. The Kier molecular flexibility index (Phi) is 5.14. The summed E-state index contributed by atoms with van der Waals surface area (Å²) in [6.07, 6.45) is 1.41. The molecule has 1 aromatic carbocycles. The van der Waals surface area contributed by atoms with Crippen LogP contribution >= 0.6 is 11.3 Å². The van der Waals surface area contributed by atoms with Crippen molar-refractivity contribution >= 4 is 34.8 Å². The van der Waals surface area contributed by atoms with Crippen LogP contribution in [0.2, 0.25) is 0 Å². The molecule has 0 bridgehead atoms. The van der Waals surface area contributed by atoms with Gasteiger partial charge in [-0.3, -0.25) is 9.59 Å².